The van der Waals surface area contributed by atoms with Crippen LogP contribution in [0.25, 0.3) is 10.8 Å². The normalized spacial score (nSPS) is 13.5. The lowest BCUT2D eigenvalue weighted by Gasteiger charge is -2.24. The average molecular weight is 647 g/mol. The van der Waals surface area contributed by atoms with Crippen molar-refractivity contribution in [2.24, 2.45) is 0 Å². The fraction of sp³-hybridized carbons (Fsp3) is 0.154. The summed E-state index contributed by atoms with van der Waals surface area (Å²) in [5.74, 6) is 0. The van der Waals surface area contributed by atoms with E-state index in [0.717, 1.165) is 58.2 Å². The van der Waals surface area contributed by atoms with Crippen molar-refractivity contribution in [2.45, 2.75) is 29.3 Å². The molecule has 0 unspecified atom stereocenters. The first-order valence-electron chi connectivity index (χ1n) is 11.9. The summed E-state index contributed by atoms with van der Waals surface area (Å²) in [5.41, 5.74) is -10.6. The number of hydrogen-bond donors (Lipinski definition) is 4. The number of alkyl halides is 4. The van der Waals surface area contributed by atoms with Crippen LogP contribution in [0, 0.1) is 0 Å². The summed E-state index contributed by atoms with van der Waals surface area (Å²) in [5, 5.41) is 1.36. The lowest BCUT2D eigenvalue weighted by molar-refractivity contribution is 0.0564. The van der Waals surface area contributed by atoms with Crippen molar-refractivity contribution in [1.29, 1.82) is 0 Å². The van der Waals surface area contributed by atoms with Gasteiger partial charge in [0.1, 0.15) is 0 Å². The van der Waals surface area contributed by atoms with Crippen molar-refractivity contribution in [1.82, 2.24) is 4.31 Å². The monoisotopic (exact) mass is 647 g/mol. The molecular weight excluding hydrogens is 624 g/mol. The Labute approximate surface area is 237 Å². The smallest absolute Gasteiger partial charge is 0.320 e. The van der Waals surface area contributed by atoms with Crippen LogP contribution in [0.1, 0.15) is 22.3 Å². The molecule has 0 fully saturated rings. The zero-order valence-corrected chi connectivity index (χ0v) is 23.9. The van der Waals surface area contributed by atoms with Gasteiger partial charge in [0, 0.05) is 24.2 Å². The molecule has 0 spiro atoms. The van der Waals surface area contributed by atoms with Gasteiger partial charge < -0.3 is 19.6 Å². The van der Waals surface area contributed by atoms with Crippen molar-refractivity contribution < 1.29 is 54.7 Å². The number of benzene rings is 4. The van der Waals surface area contributed by atoms with E-state index in [1.807, 2.05) is 0 Å². The Morgan fingerprint density at radius 2 is 1.02 bits per heavy atom. The lowest BCUT2D eigenvalue weighted by Crippen LogP contribution is -2.30. The molecule has 16 heteroatoms. The molecule has 9 nitrogen and oxygen atoms in total. The molecule has 42 heavy (non-hydrogen) atoms. The van der Waals surface area contributed by atoms with Gasteiger partial charge in [-0.1, -0.05) is 78.9 Å². The second-order valence-electron chi connectivity index (χ2n) is 9.35. The Morgan fingerprint density at radius 1 is 0.619 bits per heavy atom. The third-order valence-electron chi connectivity index (χ3n) is 6.41. The van der Waals surface area contributed by atoms with E-state index in [1.165, 1.54) is 12.1 Å². The molecule has 0 aliphatic rings. The van der Waals surface area contributed by atoms with Crippen LogP contribution in [0.5, 0.6) is 0 Å². The minimum atomic E-state index is -5.83. The highest BCUT2D eigenvalue weighted by atomic mass is 32.2. The SMILES string of the molecule is O=P(O)(O)C(F)(F)c1ccc(CN(Cc2ccc(C(F)(F)P(=O)(O)O)cc2)S(=O)(=O)c2ccc3ccccc3c2)cc1. The summed E-state index contributed by atoms with van der Waals surface area (Å²) >= 11 is 0. The van der Waals surface area contributed by atoms with Crippen molar-refractivity contribution in [3.8, 4) is 0 Å². The van der Waals surface area contributed by atoms with Gasteiger partial charge in [0.2, 0.25) is 10.0 Å². The van der Waals surface area contributed by atoms with E-state index in [-0.39, 0.29) is 16.0 Å². The lowest BCUT2D eigenvalue weighted by atomic mass is 10.1. The van der Waals surface area contributed by atoms with Crippen LogP contribution in [0.15, 0.2) is 95.9 Å². The van der Waals surface area contributed by atoms with Crippen LogP contribution in [0.2, 0.25) is 0 Å². The molecule has 4 N–H and O–H groups in total. The van der Waals surface area contributed by atoms with Gasteiger partial charge in [-0.3, -0.25) is 9.13 Å². The summed E-state index contributed by atoms with van der Waals surface area (Å²) in [6, 6.07) is 18.6. The van der Waals surface area contributed by atoms with Crippen molar-refractivity contribution in [3.05, 3.63) is 113 Å². The third kappa shape index (κ3) is 6.36. The van der Waals surface area contributed by atoms with Crippen LogP contribution < -0.4 is 0 Å². The largest absolute Gasteiger partial charge is 0.399 e. The number of sulfonamides is 1. The van der Waals surface area contributed by atoms with E-state index in [0.29, 0.717) is 5.39 Å². The molecule has 0 saturated carbocycles. The van der Waals surface area contributed by atoms with Crippen LogP contribution in [0.3, 0.4) is 0 Å². The van der Waals surface area contributed by atoms with Gasteiger partial charge in [0.05, 0.1) is 4.90 Å². The van der Waals surface area contributed by atoms with Gasteiger partial charge in [-0.2, -0.15) is 21.9 Å². The molecule has 0 saturated heterocycles. The Morgan fingerprint density at radius 3 is 1.43 bits per heavy atom. The Bertz CT molecular complexity index is 1730. The topological polar surface area (TPSA) is 152 Å². The highest BCUT2D eigenvalue weighted by Gasteiger charge is 2.51. The summed E-state index contributed by atoms with van der Waals surface area (Å²) in [4.78, 5) is 35.8. The Kier molecular flexibility index (Phi) is 8.60. The van der Waals surface area contributed by atoms with Crippen molar-refractivity contribution >= 4 is 36.0 Å². The minimum absolute atomic E-state index is 0.129. The van der Waals surface area contributed by atoms with Crippen LogP contribution in [-0.2, 0) is 43.6 Å². The second kappa shape index (κ2) is 11.3. The van der Waals surface area contributed by atoms with Gasteiger partial charge >= 0.3 is 26.5 Å². The third-order valence-corrected chi connectivity index (χ3v) is 10.2. The molecule has 0 heterocycles. The summed E-state index contributed by atoms with van der Waals surface area (Å²) in [6.45, 7) is -0.839. The first-order valence-corrected chi connectivity index (χ1v) is 16.6. The van der Waals surface area contributed by atoms with Crippen LogP contribution in [0.4, 0.5) is 17.6 Å². The Balaban J connectivity index is 1.72. The van der Waals surface area contributed by atoms with E-state index in [1.54, 1.807) is 30.3 Å². The Hall–Kier alpha value is -2.93. The van der Waals surface area contributed by atoms with Gasteiger partial charge in [-0.15, -0.1) is 0 Å². The fourth-order valence-electron chi connectivity index (χ4n) is 4.07. The van der Waals surface area contributed by atoms with Gasteiger partial charge in [-0.05, 0) is 34.0 Å². The highest BCUT2D eigenvalue weighted by molar-refractivity contribution is 7.89. The molecule has 0 aliphatic heterocycles. The van der Waals surface area contributed by atoms with Gasteiger partial charge in [-0.25, -0.2) is 8.42 Å². The quantitative estimate of drug-likeness (QED) is 0.127. The van der Waals surface area contributed by atoms with Gasteiger partial charge in [0.25, 0.3) is 0 Å². The summed E-state index contributed by atoms with van der Waals surface area (Å²) in [7, 11) is -16.0. The first kappa shape index (κ1) is 32.0. The molecule has 0 bridgehead atoms. The number of hydrogen-bond acceptors (Lipinski definition) is 4. The summed E-state index contributed by atoms with van der Waals surface area (Å²) in [6.07, 6.45) is 0. The van der Waals surface area contributed by atoms with Crippen LogP contribution >= 0.6 is 15.2 Å². The predicted molar refractivity (Wildman–Crippen MR) is 145 cm³/mol. The first-order chi connectivity index (χ1) is 19.3. The highest BCUT2D eigenvalue weighted by Crippen LogP contribution is 2.60. The van der Waals surface area contributed by atoms with E-state index >= 15 is 0 Å². The zero-order valence-electron chi connectivity index (χ0n) is 21.3. The molecule has 0 amide bonds. The molecule has 0 radical (unpaired) electrons. The maximum Gasteiger partial charge on any atom is 0.399 e. The molecule has 224 valence electrons. The van der Waals surface area contributed by atoms with E-state index < -0.39 is 60.8 Å². The van der Waals surface area contributed by atoms with Crippen LogP contribution in [-0.4, -0.2) is 32.3 Å². The molecule has 4 aromatic carbocycles. The number of fused-ring (bicyclic) bond motifs is 1. The molecule has 4 aromatic rings. The fourth-order valence-corrected chi connectivity index (χ4v) is 6.49. The van der Waals surface area contributed by atoms with Crippen molar-refractivity contribution in [3.63, 3.8) is 0 Å². The average Bonchev–Trinajstić information content (AvgIpc) is 2.91. The maximum absolute atomic E-state index is 14.1. The minimum Gasteiger partial charge on any atom is -0.320 e. The van der Waals surface area contributed by atoms with E-state index in [2.05, 4.69) is 0 Å². The van der Waals surface area contributed by atoms with Crippen molar-refractivity contribution in [2.75, 3.05) is 0 Å². The zero-order chi connectivity index (χ0) is 31.1. The molecular formula is C26H23F4NO8P2S. The second-order valence-corrected chi connectivity index (χ2v) is 14.6. The predicted octanol–water partition coefficient (Wildman–Crippen LogP) is 5.68. The standard InChI is InChI=1S/C26H23F4NO8P2S/c27-25(28,40(32,33)34)22-10-5-18(6-11-22)16-31(17-19-7-12-23(13-8-19)26(29,30)41(35,36)37)42(38,39)24-14-9-20-3-1-2-4-21(20)15-24/h1-15H,16-17H2,(H2,32,33,34)(H2,35,36,37). The van der Waals surface area contributed by atoms with Gasteiger partial charge in [0.15, 0.2) is 0 Å². The molecule has 0 aromatic heterocycles. The number of nitrogens with zero attached hydrogens (tertiary/aromatic N) is 1. The maximum atomic E-state index is 14.1. The van der Waals surface area contributed by atoms with E-state index in [9.17, 15) is 35.1 Å². The molecule has 0 aliphatic carbocycles. The number of halogens is 4. The summed E-state index contributed by atoms with van der Waals surface area (Å²) < 4.78 is 107. The van der Waals surface area contributed by atoms with E-state index in [4.69, 9.17) is 19.6 Å². The number of rotatable bonds is 10. The molecule has 4 rings (SSSR count). The molecule has 0 atom stereocenters.